The van der Waals surface area contributed by atoms with Gasteiger partial charge in [0.05, 0.1) is 17.6 Å². The molecule has 0 aliphatic heterocycles. The summed E-state index contributed by atoms with van der Waals surface area (Å²) in [5.41, 5.74) is 3.02. The number of carbonyl (C=O) groups is 1. The molecule has 0 spiro atoms. The lowest BCUT2D eigenvalue weighted by Crippen LogP contribution is -2.14. The summed E-state index contributed by atoms with van der Waals surface area (Å²) >= 11 is 0. The third-order valence-electron chi connectivity index (χ3n) is 4.99. The molecule has 2 aromatic heterocycles. The van der Waals surface area contributed by atoms with E-state index in [9.17, 15) is 18.0 Å². The second kappa shape index (κ2) is 8.30. The van der Waals surface area contributed by atoms with Crippen LogP contribution in [0.15, 0.2) is 73.4 Å². The van der Waals surface area contributed by atoms with Crippen LogP contribution in [-0.4, -0.2) is 20.4 Å². The molecule has 1 amide bonds. The highest BCUT2D eigenvalue weighted by molar-refractivity contribution is 6.05. The van der Waals surface area contributed by atoms with E-state index in [1.54, 1.807) is 49.8 Å². The summed E-state index contributed by atoms with van der Waals surface area (Å²) in [6.45, 7) is 3.65. The summed E-state index contributed by atoms with van der Waals surface area (Å²) in [6, 6.07) is 12.2. The minimum absolute atomic E-state index is 0.0367. The normalized spacial score (nSPS) is 11.4. The van der Waals surface area contributed by atoms with E-state index < -0.39 is 17.6 Å². The number of hydrogen-bond donors (Lipinski definition) is 1. The van der Waals surface area contributed by atoms with Gasteiger partial charge in [0.25, 0.3) is 5.91 Å². The number of benzene rings is 2. The molecule has 2 aromatic carbocycles. The predicted octanol–water partition coefficient (Wildman–Crippen LogP) is 5.82. The van der Waals surface area contributed by atoms with Crippen LogP contribution < -0.4 is 5.32 Å². The van der Waals surface area contributed by atoms with Crippen molar-refractivity contribution in [2.24, 2.45) is 0 Å². The van der Waals surface area contributed by atoms with Crippen molar-refractivity contribution >= 4 is 11.6 Å². The Labute approximate surface area is 182 Å². The van der Waals surface area contributed by atoms with Crippen LogP contribution in [0.25, 0.3) is 16.8 Å². The topological polar surface area (TPSA) is 59.8 Å². The lowest BCUT2D eigenvalue weighted by molar-refractivity contribution is -0.137. The average Bonchev–Trinajstić information content (AvgIpc) is 3.20. The van der Waals surface area contributed by atoms with Crippen molar-refractivity contribution in [3.05, 3.63) is 95.8 Å². The van der Waals surface area contributed by atoms with Gasteiger partial charge < -0.3 is 9.88 Å². The Morgan fingerprint density at radius 2 is 1.88 bits per heavy atom. The number of imidazole rings is 1. The van der Waals surface area contributed by atoms with Gasteiger partial charge in [0.2, 0.25) is 0 Å². The molecule has 4 rings (SSSR count). The first-order valence-electron chi connectivity index (χ1n) is 9.76. The lowest BCUT2D eigenvalue weighted by Gasteiger charge is -2.14. The zero-order valence-corrected chi connectivity index (χ0v) is 17.3. The molecule has 4 aromatic rings. The minimum atomic E-state index is -4.57. The molecule has 0 saturated heterocycles. The SMILES string of the molecule is Cc1cn(-c2cc(NC(=O)c3ccc(C)c(-c4cccnc4)c3)cc(C(F)(F)F)c2)cn1. The molecule has 8 heteroatoms. The van der Waals surface area contributed by atoms with E-state index in [1.807, 2.05) is 13.0 Å². The number of nitrogens with zero attached hydrogens (tertiary/aromatic N) is 3. The minimum Gasteiger partial charge on any atom is -0.322 e. The number of carbonyl (C=O) groups excluding carboxylic acids is 1. The fourth-order valence-electron chi connectivity index (χ4n) is 3.36. The van der Waals surface area contributed by atoms with Gasteiger partial charge in [0.1, 0.15) is 0 Å². The molecule has 0 aliphatic carbocycles. The van der Waals surface area contributed by atoms with Crippen molar-refractivity contribution in [2.45, 2.75) is 20.0 Å². The van der Waals surface area contributed by atoms with Crippen molar-refractivity contribution < 1.29 is 18.0 Å². The van der Waals surface area contributed by atoms with Crippen LogP contribution in [0.2, 0.25) is 0 Å². The second-order valence-corrected chi connectivity index (χ2v) is 7.41. The van der Waals surface area contributed by atoms with E-state index in [1.165, 1.54) is 17.0 Å². The van der Waals surface area contributed by atoms with Gasteiger partial charge in [-0.15, -0.1) is 0 Å². The second-order valence-electron chi connectivity index (χ2n) is 7.41. The predicted molar refractivity (Wildman–Crippen MR) is 116 cm³/mol. The van der Waals surface area contributed by atoms with Gasteiger partial charge in [-0.2, -0.15) is 13.2 Å². The van der Waals surface area contributed by atoms with Crippen LogP contribution in [0.3, 0.4) is 0 Å². The van der Waals surface area contributed by atoms with E-state index in [-0.39, 0.29) is 11.4 Å². The van der Waals surface area contributed by atoms with Crippen molar-refractivity contribution in [1.82, 2.24) is 14.5 Å². The standard InChI is InChI=1S/C24H19F3N4O/c1-15-5-6-17(8-22(15)18-4-3-7-28-12-18)23(32)30-20-9-19(24(25,26)27)10-21(11-20)31-13-16(2)29-14-31/h3-14H,1-2H3,(H,30,32). The summed E-state index contributed by atoms with van der Waals surface area (Å²) in [7, 11) is 0. The highest BCUT2D eigenvalue weighted by atomic mass is 19.4. The highest BCUT2D eigenvalue weighted by Crippen LogP contribution is 2.33. The Morgan fingerprint density at radius 3 is 2.53 bits per heavy atom. The van der Waals surface area contributed by atoms with Crippen LogP contribution in [0.5, 0.6) is 0 Å². The van der Waals surface area contributed by atoms with E-state index in [0.29, 0.717) is 11.3 Å². The Balaban J connectivity index is 1.69. The molecule has 0 bridgehead atoms. The van der Waals surface area contributed by atoms with Gasteiger partial charge in [0.15, 0.2) is 0 Å². The van der Waals surface area contributed by atoms with Crippen LogP contribution in [0.4, 0.5) is 18.9 Å². The van der Waals surface area contributed by atoms with Crippen molar-refractivity contribution in [2.75, 3.05) is 5.32 Å². The molecule has 5 nitrogen and oxygen atoms in total. The maximum Gasteiger partial charge on any atom is 0.416 e. The Morgan fingerprint density at radius 1 is 1.06 bits per heavy atom. The molecular formula is C24H19F3N4O. The fraction of sp³-hybridized carbons (Fsp3) is 0.125. The Bertz CT molecular complexity index is 1280. The van der Waals surface area contributed by atoms with Crippen LogP contribution in [0.1, 0.15) is 27.2 Å². The Hall–Kier alpha value is -3.94. The maximum atomic E-state index is 13.5. The molecule has 0 saturated carbocycles. The molecule has 1 N–H and O–H groups in total. The molecule has 0 aliphatic rings. The summed E-state index contributed by atoms with van der Waals surface area (Å²) in [6.07, 6.45) is 1.82. The summed E-state index contributed by atoms with van der Waals surface area (Å²) < 4.78 is 41.9. The molecule has 2 heterocycles. The number of rotatable bonds is 4. The average molecular weight is 436 g/mol. The monoisotopic (exact) mass is 436 g/mol. The quantitative estimate of drug-likeness (QED) is 0.438. The summed E-state index contributed by atoms with van der Waals surface area (Å²) in [5, 5.41) is 2.60. The van der Waals surface area contributed by atoms with Crippen LogP contribution in [-0.2, 0) is 6.18 Å². The van der Waals surface area contributed by atoms with E-state index >= 15 is 0 Å². The number of aryl methyl sites for hydroxylation is 2. The number of anilines is 1. The molecule has 0 fully saturated rings. The summed E-state index contributed by atoms with van der Waals surface area (Å²) in [4.78, 5) is 21.1. The van der Waals surface area contributed by atoms with Gasteiger partial charge >= 0.3 is 6.18 Å². The van der Waals surface area contributed by atoms with Crippen LogP contribution in [0, 0.1) is 13.8 Å². The largest absolute Gasteiger partial charge is 0.416 e. The Kier molecular flexibility index (Phi) is 5.52. The van der Waals surface area contributed by atoms with Gasteiger partial charge in [-0.3, -0.25) is 9.78 Å². The molecular weight excluding hydrogens is 417 g/mol. The summed E-state index contributed by atoms with van der Waals surface area (Å²) in [5.74, 6) is -0.512. The van der Waals surface area contributed by atoms with E-state index in [4.69, 9.17) is 0 Å². The van der Waals surface area contributed by atoms with E-state index in [0.717, 1.165) is 28.8 Å². The zero-order valence-electron chi connectivity index (χ0n) is 17.3. The van der Waals surface area contributed by atoms with Gasteiger partial charge in [0, 0.05) is 41.1 Å². The number of aromatic nitrogens is 3. The first kappa shape index (κ1) is 21.3. The first-order valence-corrected chi connectivity index (χ1v) is 9.76. The number of alkyl halides is 3. The number of hydrogen-bond acceptors (Lipinski definition) is 3. The molecule has 162 valence electrons. The van der Waals surface area contributed by atoms with Gasteiger partial charge in [-0.05, 0) is 61.4 Å². The number of nitrogens with one attached hydrogen (secondary N) is 1. The van der Waals surface area contributed by atoms with E-state index in [2.05, 4.69) is 15.3 Å². The number of halogens is 3. The number of pyridine rings is 1. The molecule has 0 radical (unpaired) electrons. The number of amides is 1. The molecule has 0 atom stereocenters. The van der Waals surface area contributed by atoms with Crippen molar-refractivity contribution in [3.63, 3.8) is 0 Å². The first-order chi connectivity index (χ1) is 15.2. The lowest BCUT2D eigenvalue weighted by atomic mass is 9.99. The fourth-order valence-corrected chi connectivity index (χ4v) is 3.36. The maximum absolute atomic E-state index is 13.5. The third kappa shape index (κ3) is 4.54. The van der Waals surface area contributed by atoms with Crippen molar-refractivity contribution in [3.8, 4) is 16.8 Å². The smallest absolute Gasteiger partial charge is 0.322 e. The third-order valence-corrected chi connectivity index (χ3v) is 4.99. The van der Waals surface area contributed by atoms with Gasteiger partial charge in [-0.25, -0.2) is 4.98 Å². The van der Waals surface area contributed by atoms with Crippen molar-refractivity contribution in [1.29, 1.82) is 0 Å². The highest BCUT2D eigenvalue weighted by Gasteiger charge is 2.31. The molecule has 32 heavy (non-hydrogen) atoms. The molecule has 0 unspecified atom stereocenters. The zero-order chi connectivity index (χ0) is 22.9. The van der Waals surface area contributed by atoms with Crippen LogP contribution >= 0.6 is 0 Å². The van der Waals surface area contributed by atoms with Gasteiger partial charge in [-0.1, -0.05) is 12.1 Å².